The molecule has 0 radical (unpaired) electrons. The molecule has 2 nitrogen and oxygen atoms in total. The van der Waals surface area contributed by atoms with Gasteiger partial charge in [-0.3, -0.25) is 4.90 Å². The van der Waals surface area contributed by atoms with Gasteiger partial charge in [-0.25, -0.2) is 0 Å². The van der Waals surface area contributed by atoms with Crippen molar-refractivity contribution < 1.29 is 0 Å². The third kappa shape index (κ3) is 2.85. The second-order valence-corrected chi connectivity index (χ2v) is 7.17. The Kier molecular flexibility index (Phi) is 4.28. The zero-order valence-electron chi connectivity index (χ0n) is 12.0. The molecule has 1 unspecified atom stereocenters. The first-order chi connectivity index (χ1) is 9.59. The quantitative estimate of drug-likeness (QED) is 0.884. The van der Waals surface area contributed by atoms with Crippen molar-refractivity contribution in [2.24, 2.45) is 0 Å². The number of hydrogen-bond acceptors (Lipinski definition) is 2. The van der Waals surface area contributed by atoms with Crippen molar-refractivity contribution in [1.82, 2.24) is 10.2 Å². The molecule has 20 heavy (non-hydrogen) atoms. The van der Waals surface area contributed by atoms with Crippen molar-refractivity contribution in [3.05, 3.63) is 33.8 Å². The summed E-state index contributed by atoms with van der Waals surface area (Å²) in [5.41, 5.74) is 1.48. The maximum Gasteiger partial charge on any atom is 0.0452 e. The van der Waals surface area contributed by atoms with Crippen LogP contribution in [0.25, 0.3) is 0 Å². The Morgan fingerprint density at radius 2 is 2.05 bits per heavy atom. The van der Waals surface area contributed by atoms with Crippen molar-refractivity contribution in [1.29, 1.82) is 0 Å². The molecule has 110 valence electrons. The maximum absolute atomic E-state index is 6.35. The highest BCUT2D eigenvalue weighted by atomic mass is 35.5. The summed E-state index contributed by atoms with van der Waals surface area (Å²) >= 11 is 12.5. The van der Waals surface area contributed by atoms with Crippen LogP contribution >= 0.6 is 23.2 Å². The summed E-state index contributed by atoms with van der Waals surface area (Å²) in [5, 5.41) is 5.25. The van der Waals surface area contributed by atoms with Gasteiger partial charge in [0.05, 0.1) is 0 Å². The lowest BCUT2D eigenvalue weighted by Gasteiger charge is -2.48. The zero-order chi connectivity index (χ0) is 14.2. The minimum Gasteiger partial charge on any atom is -0.311 e. The van der Waals surface area contributed by atoms with Crippen LogP contribution in [-0.2, 0) is 6.54 Å². The Morgan fingerprint density at radius 3 is 2.80 bits per heavy atom. The molecule has 1 aromatic rings. The molecule has 1 heterocycles. The van der Waals surface area contributed by atoms with E-state index in [-0.39, 0.29) is 0 Å². The van der Waals surface area contributed by atoms with Gasteiger partial charge in [0.2, 0.25) is 0 Å². The first kappa shape index (κ1) is 14.6. The van der Waals surface area contributed by atoms with E-state index in [1.807, 2.05) is 18.2 Å². The number of benzene rings is 1. The minimum atomic E-state index is 0.332. The van der Waals surface area contributed by atoms with E-state index in [0.29, 0.717) is 11.6 Å². The molecule has 2 aliphatic rings. The van der Waals surface area contributed by atoms with Gasteiger partial charge < -0.3 is 5.32 Å². The van der Waals surface area contributed by atoms with Crippen LogP contribution in [0.2, 0.25) is 10.0 Å². The normalized spacial score (nSPS) is 26.2. The summed E-state index contributed by atoms with van der Waals surface area (Å²) in [5.74, 6) is 0. The smallest absolute Gasteiger partial charge is 0.0452 e. The zero-order valence-corrected chi connectivity index (χ0v) is 13.5. The lowest BCUT2D eigenvalue weighted by Crippen LogP contribution is -2.62. The van der Waals surface area contributed by atoms with E-state index in [0.717, 1.165) is 35.2 Å². The summed E-state index contributed by atoms with van der Waals surface area (Å²) in [6.45, 7) is 5.36. The van der Waals surface area contributed by atoms with Crippen molar-refractivity contribution in [3.8, 4) is 0 Å². The van der Waals surface area contributed by atoms with Crippen LogP contribution in [-0.4, -0.2) is 29.6 Å². The van der Waals surface area contributed by atoms with Crippen LogP contribution in [0.3, 0.4) is 0 Å². The van der Waals surface area contributed by atoms with E-state index in [4.69, 9.17) is 23.2 Å². The van der Waals surface area contributed by atoms with Gasteiger partial charge in [-0.15, -0.1) is 0 Å². The molecule has 1 saturated heterocycles. The largest absolute Gasteiger partial charge is 0.311 e. The lowest BCUT2D eigenvalue weighted by molar-refractivity contribution is 0.0393. The molecule has 4 heteroatoms. The Hall–Kier alpha value is -0.280. The predicted molar refractivity (Wildman–Crippen MR) is 85.5 cm³/mol. The molecule has 1 atom stereocenters. The van der Waals surface area contributed by atoms with Crippen LogP contribution in [0, 0.1) is 0 Å². The number of hydrogen-bond donors (Lipinski definition) is 1. The fourth-order valence-corrected chi connectivity index (χ4v) is 4.07. The molecule has 1 aromatic carbocycles. The number of halogens is 2. The third-order valence-electron chi connectivity index (χ3n) is 4.85. The average Bonchev–Trinajstić information content (AvgIpc) is 2.88. The number of rotatable bonds is 2. The first-order valence-electron chi connectivity index (χ1n) is 7.51. The van der Waals surface area contributed by atoms with E-state index < -0.39 is 0 Å². The molecular formula is C16H22Cl2N2. The Bertz CT molecular complexity index is 483. The van der Waals surface area contributed by atoms with Gasteiger partial charge in [0, 0.05) is 41.3 Å². The van der Waals surface area contributed by atoms with Gasteiger partial charge in [-0.05, 0) is 43.5 Å². The van der Waals surface area contributed by atoms with Crippen LogP contribution in [0.4, 0.5) is 0 Å². The standard InChI is InChI=1S/C16H22Cl2N2/c1-12-9-20(16(11-19-12)6-2-3-7-16)10-13-8-14(17)4-5-15(13)18/h4-5,8,12,19H,2-3,6-7,9-11H2,1H3. The molecule has 0 amide bonds. The van der Waals surface area contributed by atoms with Crippen molar-refractivity contribution >= 4 is 23.2 Å². The van der Waals surface area contributed by atoms with Crippen LogP contribution in [0.1, 0.15) is 38.2 Å². The second-order valence-electron chi connectivity index (χ2n) is 6.33. The first-order valence-corrected chi connectivity index (χ1v) is 8.27. The number of nitrogens with one attached hydrogen (secondary N) is 1. The van der Waals surface area contributed by atoms with Gasteiger partial charge in [-0.1, -0.05) is 36.0 Å². The Labute approximate surface area is 131 Å². The van der Waals surface area contributed by atoms with Gasteiger partial charge in [-0.2, -0.15) is 0 Å². The highest BCUT2D eigenvalue weighted by Gasteiger charge is 2.42. The molecule has 1 N–H and O–H groups in total. The van der Waals surface area contributed by atoms with Crippen molar-refractivity contribution in [2.45, 2.75) is 50.7 Å². The molecule has 0 bridgehead atoms. The molecule has 1 saturated carbocycles. The van der Waals surface area contributed by atoms with Crippen LogP contribution in [0.5, 0.6) is 0 Å². The topological polar surface area (TPSA) is 15.3 Å². The molecule has 1 spiro atoms. The average molecular weight is 313 g/mol. The SMILES string of the molecule is CC1CN(Cc2cc(Cl)ccc2Cl)C2(CCCC2)CN1. The van der Waals surface area contributed by atoms with E-state index in [2.05, 4.69) is 17.1 Å². The summed E-state index contributed by atoms with van der Waals surface area (Å²) in [4.78, 5) is 2.64. The van der Waals surface area contributed by atoms with Crippen LogP contribution in [0.15, 0.2) is 18.2 Å². The third-order valence-corrected chi connectivity index (χ3v) is 5.45. The van der Waals surface area contributed by atoms with Gasteiger partial charge in [0.25, 0.3) is 0 Å². The van der Waals surface area contributed by atoms with E-state index in [9.17, 15) is 0 Å². The summed E-state index contributed by atoms with van der Waals surface area (Å²) in [6, 6.07) is 6.32. The fourth-order valence-electron chi connectivity index (χ4n) is 3.69. The molecule has 0 aromatic heterocycles. The lowest BCUT2D eigenvalue weighted by atomic mass is 9.90. The predicted octanol–water partition coefficient (Wildman–Crippen LogP) is 4.10. The van der Waals surface area contributed by atoms with E-state index in [1.165, 1.54) is 25.7 Å². The van der Waals surface area contributed by atoms with Gasteiger partial charge in [0.15, 0.2) is 0 Å². The number of piperazine rings is 1. The summed E-state index contributed by atoms with van der Waals surface area (Å²) < 4.78 is 0. The van der Waals surface area contributed by atoms with Crippen molar-refractivity contribution in [2.75, 3.05) is 13.1 Å². The second kappa shape index (κ2) is 5.84. The molecule has 1 aliphatic carbocycles. The Morgan fingerprint density at radius 1 is 1.30 bits per heavy atom. The number of nitrogens with zero attached hydrogens (tertiary/aromatic N) is 1. The molecule has 1 aliphatic heterocycles. The molecule has 3 rings (SSSR count). The summed E-state index contributed by atoms with van der Waals surface area (Å²) in [6.07, 6.45) is 5.28. The minimum absolute atomic E-state index is 0.332. The van der Waals surface area contributed by atoms with Gasteiger partial charge in [0.1, 0.15) is 0 Å². The maximum atomic E-state index is 6.35. The van der Waals surface area contributed by atoms with Crippen LogP contribution < -0.4 is 5.32 Å². The summed E-state index contributed by atoms with van der Waals surface area (Å²) in [7, 11) is 0. The van der Waals surface area contributed by atoms with Gasteiger partial charge >= 0.3 is 0 Å². The molecule has 2 fully saturated rings. The fraction of sp³-hybridized carbons (Fsp3) is 0.625. The van der Waals surface area contributed by atoms with E-state index in [1.54, 1.807) is 0 Å². The highest BCUT2D eigenvalue weighted by Crippen LogP contribution is 2.38. The monoisotopic (exact) mass is 312 g/mol. The highest BCUT2D eigenvalue weighted by molar-refractivity contribution is 6.33. The van der Waals surface area contributed by atoms with Crippen molar-refractivity contribution in [3.63, 3.8) is 0 Å². The molecular weight excluding hydrogens is 291 g/mol. The van der Waals surface area contributed by atoms with E-state index >= 15 is 0 Å². The Balaban J connectivity index is 1.84.